The lowest BCUT2D eigenvalue weighted by atomic mass is 10.0. The molecule has 0 aliphatic rings. The summed E-state index contributed by atoms with van der Waals surface area (Å²) in [5, 5.41) is 29.6. The highest BCUT2D eigenvalue weighted by Gasteiger charge is 2.26. The zero-order valence-electron chi connectivity index (χ0n) is 6.96. The second-order valence-corrected chi connectivity index (χ2v) is 3.80. The van der Waals surface area contributed by atoms with Crippen LogP contribution >= 0.6 is 22.6 Å². The molecule has 0 bridgehead atoms. The Kier molecular flexibility index (Phi) is 7.35. The highest BCUT2D eigenvalue weighted by molar-refractivity contribution is 14.1. The minimum Gasteiger partial charge on any atom is -0.394 e. The molecular formula is C7H16INO3. The van der Waals surface area contributed by atoms with Crippen LogP contribution in [0.3, 0.4) is 0 Å². The number of nitrogens with one attached hydrogen (secondary N) is 1. The molecular weight excluding hydrogens is 273 g/mol. The molecule has 0 rings (SSSR count). The predicted molar refractivity (Wildman–Crippen MR) is 55.5 cm³/mol. The third-order valence-electron chi connectivity index (χ3n) is 1.72. The first-order valence-corrected chi connectivity index (χ1v) is 5.41. The fraction of sp³-hybridized carbons (Fsp3) is 1.00. The van der Waals surface area contributed by atoms with E-state index in [-0.39, 0.29) is 19.8 Å². The highest BCUT2D eigenvalue weighted by Crippen LogP contribution is 2.01. The van der Waals surface area contributed by atoms with Crippen LogP contribution < -0.4 is 5.32 Å². The van der Waals surface area contributed by atoms with Gasteiger partial charge in [0.25, 0.3) is 0 Å². The van der Waals surface area contributed by atoms with Crippen LogP contribution in [-0.2, 0) is 0 Å². The number of alkyl halides is 1. The van der Waals surface area contributed by atoms with Crippen LogP contribution in [0, 0.1) is 0 Å². The molecule has 0 saturated heterocycles. The van der Waals surface area contributed by atoms with Crippen molar-refractivity contribution < 1.29 is 15.3 Å². The van der Waals surface area contributed by atoms with Crippen molar-refractivity contribution in [2.45, 2.75) is 12.0 Å². The van der Waals surface area contributed by atoms with E-state index in [1.165, 1.54) is 0 Å². The summed E-state index contributed by atoms with van der Waals surface area (Å²) in [6, 6.07) is 0. The molecule has 0 atom stereocenters. The van der Waals surface area contributed by atoms with Crippen molar-refractivity contribution in [3.05, 3.63) is 0 Å². The van der Waals surface area contributed by atoms with Crippen molar-refractivity contribution in [3.63, 3.8) is 0 Å². The second kappa shape index (κ2) is 7.02. The lowest BCUT2D eigenvalue weighted by Crippen LogP contribution is -2.55. The number of hydrogen-bond acceptors (Lipinski definition) is 4. The van der Waals surface area contributed by atoms with E-state index in [1.807, 2.05) is 0 Å². The average Bonchev–Trinajstić information content (AvgIpc) is 2.14. The van der Waals surface area contributed by atoms with Gasteiger partial charge in [0, 0.05) is 4.43 Å². The molecule has 0 unspecified atom stereocenters. The van der Waals surface area contributed by atoms with E-state index >= 15 is 0 Å². The SMILES string of the molecule is OCC(CO)(CO)NCCCI. The van der Waals surface area contributed by atoms with Crippen molar-refractivity contribution >= 4 is 22.6 Å². The summed E-state index contributed by atoms with van der Waals surface area (Å²) in [6.07, 6.45) is 0.961. The van der Waals surface area contributed by atoms with Crippen molar-refractivity contribution in [1.82, 2.24) is 5.32 Å². The van der Waals surface area contributed by atoms with Crippen molar-refractivity contribution in [2.75, 3.05) is 30.8 Å². The molecule has 0 aromatic rings. The first kappa shape index (κ1) is 12.6. The third kappa shape index (κ3) is 3.99. The molecule has 74 valence electrons. The van der Waals surface area contributed by atoms with Crippen molar-refractivity contribution in [2.24, 2.45) is 0 Å². The van der Waals surface area contributed by atoms with E-state index in [2.05, 4.69) is 27.9 Å². The van der Waals surface area contributed by atoms with Gasteiger partial charge in [-0.3, -0.25) is 0 Å². The number of halogens is 1. The summed E-state index contributed by atoms with van der Waals surface area (Å²) in [6.45, 7) is -0.0473. The van der Waals surface area contributed by atoms with Crippen LogP contribution in [0.1, 0.15) is 6.42 Å². The molecule has 0 saturated carbocycles. The first-order chi connectivity index (χ1) is 5.74. The molecule has 0 aromatic heterocycles. The molecule has 0 spiro atoms. The summed E-state index contributed by atoms with van der Waals surface area (Å²) in [5.41, 5.74) is -0.911. The summed E-state index contributed by atoms with van der Waals surface area (Å²) >= 11 is 2.25. The van der Waals surface area contributed by atoms with E-state index in [1.54, 1.807) is 0 Å². The van der Waals surface area contributed by atoms with Gasteiger partial charge in [-0.15, -0.1) is 0 Å². The van der Waals surface area contributed by atoms with Crippen molar-refractivity contribution in [1.29, 1.82) is 0 Å². The molecule has 0 heterocycles. The number of aliphatic hydroxyl groups excluding tert-OH is 3. The van der Waals surface area contributed by atoms with Gasteiger partial charge in [-0.05, 0) is 13.0 Å². The van der Waals surface area contributed by atoms with Crippen LogP contribution in [0.5, 0.6) is 0 Å². The fourth-order valence-corrected chi connectivity index (χ4v) is 1.12. The van der Waals surface area contributed by atoms with Crippen molar-refractivity contribution in [3.8, 4) is 0 Å². The van der Waals surface area contributed by atoms with Gasteiger partial charge in [0.15, 0.2) is 0 Å². The minimum atomic E-state index is -0.911. The molecule has 0 fully saturated rings. The normalized spacial score (nSPS) is 12.0. The van der Waals surface area contributed by atoms with Crippen LogP contribution in [0.15, 0.2) is 0 Å². The van der Waals surface area contributed by atoms with E-state index in [9.17, 15) is 0 Å². The zero-order valence-corrected chi connectivity index (χ0v) is 9.12. The second-order valence-electron chi connectivity index (χ2n) is 2.72. The fourth-order valence-electron chi connectivity index (χ4n) is 0.738. The summed E-state index contributed by atoms with van der Waals surface area (Å²) in [5.74, 6) is 0. The maximum Gasteiger partial charge on any atom is 0.0881 e. The average molecular weight is 289 g/mol. The maximum absolute atomic E-state index is 8.89. The lowest BCUT2D eigenvalue weighted by molar-refractivity contribution is 0.0430. The lowest BCUT2D eigenvalue weighted by Gasteiger charge is -2.28. The monoisotopic (exact) mass is 289 g/mol. The van der Waals surface area contributed by atoms with Gasteiger partial charge >= 0.3 is 0 Å². The Labute approximate surface area is 86.1 Å². The molecule has 0 aliphatic heterocycles. The Morgan fingerprint density at radius 2 is 1.58 bits per heavy atom. The Morgan fingerprint density at radius 3 is 1.92 bits per heavy atom. The molecule has 0 amide bonds. The Morgan fingerprint density at radius 1 is 1.08 bits per heavy atom. The molecule has 4 N–H and O–H groups in total. The third-order valence-corrected chi connectivity index (χ3v) is 2.48. The molecule has 4 nitrogen and oxygen atoms in total. The van der Waals surface area contributed by atoms with Gasteiger partial charge in [0.2, 0.25) is 0 Å². The molecule has 5 heteroatoms. The Balaban J connectivity index is 3.76. The summed E-state index contributed by atoms with van der Waals surface area (Å²) in [4.78, 5) is 0. The smallest absolute Gasteiger partial charge is 0.0881 e. The standard InChI is InChI=1S/C7H16INO3/c8-2-1-3-9-7(4-10,5-11)6-12/h9-12H,1-6H2. The Hall–Kier alpha value is 0.570. The minimum absolute atomic E-state index is 0.249. The van der Waals surface area contributed by atoms with E-state index < -0.39 is 5.54 Å². The number of rotatable bonds is 7. The maximum atomic E-state index is 8.89. The summed E-state index contributed by atoms with van der Waals surface area (Å²) < 4.78 is 1.02. The highest BCUT2D eigenvalue weighted by atomic mass is 127. The summed E-state index contributed by atoms with van der Waals surface area (Å²) in [7, 11) is 0. The van der Waals surface area contributed by atoms with Crippen LogP contribution in [-0.4, -0.2) is 51.7 Å². The topological polar surface area (TPSA) is 72.7 Å². The van der Waals surface area contributed by atoms with E-state index in [4.69, 9.17) is 15.3 Å². The van der Waals surface area contributed by atoms with Gasteiger partial charge in [0.05, 0.1) is 25.4 Å². The number of hydrogen-bond donors (Lipinski definition) is 4. The molecule has 0 aromatic carbocycles. The zero-order chi connectivity index (χ0) is 9.45. The first-order valence-electron chi connectivity index (χ1n) is 3.88. The Bertz CT molecular complexity index is 101. The van der Waals surface area contributed by atoms with Gasteiger partial charge in [0.1, 0.15) is 0 Å². The van der Waals surface area contributed by atoms with Gasteiger partial charge in [-0.25, -0.2) is 0 Å². The van der Waals surface area contributed by atoms with Gasteiger partial charge < -0.3 is 20.6 Å². The molecule has 0 aliphatic carbocycles. The largest absolute Gasteiger partial charge is 0.394 e. The van der Waals surface area contributed by atoms with Gasteiger partial charge in [-0.1, -0.05) is 22.6 Å². The quantitative estimate of drug-likeness (QED) is 0.279. The molecule has 0 radical (unpaired) electrons. The van der Waals surface area contributed by atoms with Crippen LogP contribution in [0.4, 0.5) is 0 Å². The van der Waals surface area contributed by atoms with Gasteiger partial charge in [-0.2, -0.15) is 0 Å². The van der Waals surface area contributed by atoms with E-state index in [0.717, 1.165) is 10.8 Å². The van der Waals surface area contributed by atoms with Crippen LogP contribution in [0.25, 0.3) is 0 Å². The predicted octanol–water partition coefficient (Wildman–Crippen LogP) is -0.883. The number of aliphatic hydroxyl groups is 3. The van der Waals surface area contributed by atoms with Crippen LogP contribution in [0.2, 0.25) is 0 Å². The van der Waals surface area contributed by atoms with E-state index in [0.29, 0.717) is 6.54 Å². The molecule has 12 heavy (non-hydrogen) atoms.